The molecule has 1 N–H and O–H groups in total. The maximum atomic E-state index is 9.43. The predicted octanol–water partition coefficient (Wildman–Crippen LogP) is 4.77. The molecule has 3 heterocycles. The van der Waals surface area contributed by atoms with Crippen molar-refractivity contribution in [1.82, 2.24) is 14.5 Å². The fourth-order valence-corrected chi connectivity index (χ4v) is 5.04. The van der Waals surface area contributed by atoms with E-state index < -0.39 is 0 Å². The number of hydrogen-bond acceptors (Lipinski definition) is 4. The summed E-state index contributed by atoms with van der Waals surface area (Å²) in [6, 6.07) is 6.16. The third-order valence-corrected chi connectivity index (χ3v) is 6.40. The third-order valence-electron chi connectivity index (χ3n) is 5.27. The number of halogens is 2. The number of aromatic nitrogens is 3. The van der Waals surface area contributed by atoms with Gasteiger partial charge in [0.25, 0.3) is 0 Å². The van der Waals surface area contributed by atoms with Gasteiger partial charge in [0.05, 0.1) is 11.1 Å². The Kier molecular flexibility index (Phi) is 5.27. The molecule has 0 radical (unpaired) electrons. The Balaban J connectivity index is 1.84. The van der Waals surface area contributed by atoms with E-state index in [4.69, 9.17) is 9.97 Å². The average Bonchev–Trinajstić information content (AvgIpc) is 2.97. The summed E-state index contributed by atoms with van der Waals surface area (Å²) >= 11 is 7.20. The van der Waals surface area contributed by atoms with Gasteiger partial charge in [-0.05, 0) is 72.3 Å². The second-order valence-corrected chi connectivity index (χ2v) is 8.95. The summed E-state index contributed by atoms with van der Waals surface area (Å²) in [7, 11) is 0. The molecule has 1 aliphatic heterocycles. The molecule has 0 unspecified atom stereocenters. The fourth-order valence-electron chi connectivity index (χ4n) is 3.81. The standard InChI is InChI=1S/C20H22Br2N4O/c1-12-10-26(17-4-3-15(21)9-16(17)22)20-18(12)19(23-13(2)24-20)25-7-5-14(11-27)6-8-25/h3-4,9-10,14,27H,5-8,11H2,1-2H3. The molecule has 142 valence electrons. The van der Waals surface area contributed by atoms with Crippen molar-refractivity contribution in [1.29, 1.82) is 0 Å². The Morgan fingerprint density at radius 2 is 1.89 bits per heavy atom. The molecule has 0 aliphatic carbocycles. The molecular weight excluding hydrogens is 472 g/mol. The van der Waals surface area contributed by atoms with Crippen LogP contribution in [-0.2, 0) is 0 Å². The van der Waals surface area contributed by atoms with Crippen molar-refractivity contribution in [2.75, 3.05) is 24.6 Å². The van der Waals surface area contributed by atoms with Crippen molar-refractivity contribution < 1.29 is 5.11 Å². The van der Waals surface area contributed by atoms with E-state index in [0.29, 0.717) is 5.92 Å². The third kappa shape index (κ3) is 3.52. The summed E-state index contributed by atoms with van der Waals surface area (Å²) in [6.45, 7) is 6.19. The molecule has 3 aromatic rings. The number of anilines is 1. The van der Waals surface area contributed by atoms with Gasteiger partial charge in [-0.3, -0.25) is 4.57 Å². The predicted molar refractivity (Wildman–Crippen MR) is 116 cm³/mol. The number of fused-ring (bicyclic) bond motifs is 1. The Bertz CT molecular complexity index is 993. The zero-order valence-corrected chi connectivity index (χ0v) is 18.6. The van der Waals surface area contributed by atoms with Gasteiger partial charge in [-0.1, -0.05) is 15.9 Å². The molecule has 0 bridgehead atoms. The van der Waals surface area contributed by atoms with E-state index in [2.05, 4.69) is 60.5 Å². The first-order chi connectivity index (χ1) is 13.0. The van der Waals surface area contributed by atoms with E-state index >= 15 is 0 Å². The van der Waals surface area contributed by atoms with Crippen LogP contribution in [0.3, 0.4) is 0 Å². The smallest absolute Gasteiger partial charge is 0.150 e. The molecule has 1 aliphatic rings. The van der Waals surface area contributed by atoms with Crippen molar-refractivity contribution in [3.05, 3.63) is 44.7 Å². The van der Waals surface area contributed by atoms with Crippen LogP contribution in [0.1, 0.15) is 24.2 Å². The van der Waals surface area contributed by atoms with Crippen molar-refractivity contribution in [3.8, 4) is 5.69 Å². The van der Waals surface area contributed by atoms with Gasteiger partial charge in [-0.25, -0.2) is 9.97 Å². The van der Waals surface area contributed by atoms with Crippen LogP contribution in [0.4, 0.5) is 5.82 Å². The number of piperidine rings is 1. The Morgan fingerprint density at radius 3 is 2.56 bits per heavy atom. The summed E-state index contributed by atoms with van der Waals surface area (Å²) in [5, 5.41) is 10.5. The van der Waals surface area contributed by atoms with Crippen LogP contribution in [-0.4, -0.2) is 39.3 Å². The summed E-state index contributed by atoms with van der Waals surface area (Å²) in [5.41, 5.74) is 3.15. The lowest BCUT2D eigenvalue weighted by Crippen LogP contribution is -2.35. The van der Waals surface area contributed by atoms with E-state index in [9.17, 15) is 5.11 Å². The highest BCUT2D eigenvalue weighted by atomic mass is 79.9. The second-order valence-electron chi connectivity index (χ2n) is 7.18. The highest BCUT2D eigenvalue weighted by Gasteiger charge is 2.24. The number of hydrogen-bond donors (Lipinski definition) is 1. The summed E-state index contributed by atoms with van der Waals surface area (Å²) in [6.07, 6.45) is 4.13. The fraction of sp³-hybridized carbons (Fsp3) is 0.400. The first-order valence-electron chi connectivity index (χ1n) is 9.15. The average molecular weight is 494 g/mol. The highest BCUT2D eigenvalue weighted by Crippen LogP contribution is 2.35. The minimum absolute atomic E-state index is 0.277. The molecule has 0 atom stereocenters. The van der Waals surface area contributed by atoms with Crippen molar-refractivity contribution in [2.24, 2.45) is 5.92 Å². The minimum Gasteiger partial charge on any atom is -0.396 e. The second kappa shape index (κ2) is 7.53. The van der Waals surface area contributed by atoms with Gasteiger partial charge >= 0.3 is 0 Å². The van der Waals surface area contributed by atoms with Crippen LogP contribution < -0.4 is 4.90 Å². The van der Waals surface area contributed by atoms with Crippen LogP contribution in [0.5, 0.6) is 0 Å². The van der Waals surface area contributed by atoms with Crippen molar-refractivity contribution in [3.63, 3.8) is 0 Å². The molecule has 2 aromatic heterocycles. The molecule has 4 rings (SSSR count). The van der Waals surface area contributed by atoms with E-state index in [0.717, 1.165) is 63.2 Å². The zero-order valence-electron chi connectivity index (χ0n) is 15.4. The van der Waals surface area contributed by atoms with Crippen LogP contribution in [0.25, 0.3) is 16.7 Å². The molecule has 1 fully saturated rings. The topological polar surface area (TPSA) is 54.2 Å². The van der Waals surface area contributed by atoms with Gasteiger partial charge in [0, 0.05) is 34.8 Å². The monoisotopic (exact) mass is 492 g/mol. The van der Waals surface area contributed by atoms with Crippen LogP contribution in [0.15, 0.2) is 33.3 Å². The number of benzene rings is 1. The summed E-state index contributed by atoms with van der Waals surface area (Å²) in [5.74, 6) is 2.19. The normalized spacial score (nSPS) is 15.7. The number of aryl methyl sites for hydroxylation is 2. The Hall–Kier alpha value is -1.44. The van der Waals surface area contributed by atoms with Crippen LogP contribution >= 0.6 is 31.9 Å². The van der Waals surface area contributed by atoms with Gasteiger partial charge < -0.3 is 10.0 Å². The summed E-state index contributed by atoms with van der Waals surface area (Å²) in [4.78, 5) is 11.9. The lowest BCUT2D eigenvalue weighted by atomic mass is 9.98. The molecule has 1 aromatic carbocycles. The molecule has 5 nitrogen and oxygen atoms in total. The molecular formula is C20H22Br2N4O. The first-order valence-corrected chi connectivity index (χ1v) is 10.7. The van der Waals surface area contributed by atoms with E-state index in [1.165, 1.54) is 5.56 Å². The van der Waals surface area contributed by atoms with E-state index in [1.54, 1.807) is 0 Å². The van der Waals surface area contributed by atoms with Crippen LogP contribution in [0.2, 0.25) is 0 Å². The number of nitrogens with zero attached hydrogens (tertiary/aromatic N) is 4. The minimum atomic E-state index is 0.277. The van der Waals surface area contributed by atoms with Crippen molar-refractivity contribution >= 4 is 48.7 Å². The lowest BCUT2D eigenvalue weighted by molar-refractivity contribution is 0.203. The molecule has 27 heavy (non-hydrogen) atoms. The Morgan fingerprint density at radius 1 is 1.15 bits per heavy atom. The SMILES string of the molecule is Cc1nc(N2CCC(CO)CC2)c2c(C)cn(-c3ccc(Br)cc3Br)c2n1. The number of aliphatic hydroxyl groups is 1. The Labute approximate surface area is 175 Å². The number of aliphatic hydroxyl groups excluding tert-OH is 1. The molecule has 0 saturated carbocycles. The first kappa shape index (κ1) is 18.9. The zero-order chi connectivity index (χ0) is 19.1. The maximum absolute atomic E-state index is 9.43. The van der Waals surface area contributed by atoms with Gasteiger partial charge in [0.2, 0.25) is 0 Å². The maximum Gasteiger partial charge on any atom is 0.150 e. The van der Waals surface area contributed by atoms with Gasteiger partial charge in [0.1, 0.15) is 11.6 Å². The number of rotatable bonds is 3. The quantitative estimate of drug-likeness (QED) is 0.570. The van der Waals surface area contributed by atoms with Crippen molar-refractivity contribution in [2.45, 2.75) is 26.7 Å². The van der Waals surface area contributed by atoms with Crippen LogP contribution in [0, 0.1) is 19.8 Å². The molecule has 1 saturated heterocycles. The van der Waals surface area contributed by atoms with Gasteiger partial charge in [-0.2, -0.15) is 0 Å². The summed E-state index contributed by atoms with van der Waals surface area (Å²) < 4.78 is 4.18. The van der Waals surface area contributed by atoms with E-state index in [-0.39, 0.29) is 6.61 Å². The van der Waals surface area contributed by atoms with Gasteiger partial charge in [-0.15, -0.1) is 0 Å². The molecule has 7 heteroatoms. The van der Waals surface area contributed by atoms with E-state index in [1.807, 2.05) is 19.1 Å². The highest BCUT2D eigenvalue weighted by molar-refractivity contribution is 9.11. The van der Waals surface area contributed by atoms with Gasteiger partial charge in [0.15, 0.2) is 5.65 Å². The molecule has 0 amide bonds. The lowest BCUT2D eigenvalue weighted by Gasteiger charge is -2.32. The largest absolute Gasteiger partial charge is 0.396 e. The molecule has 0 spiro atoms.